The van der Waals surface area contributed by atoms with Crippen LogP contribution < -0.4 is 15.6 Å². The number of H-pyrrole nitrogens is 1. The van der Waals surface area contributed by atoms with E-state index in [2.05, 4.69) is 20.4 Å². The van der Waals surface area contributed by atoms with Crippen LogP contribution in [0.1, 0.15) is 25.1 Å². The van der Waals surface area contributed by atoms with Gasteiger partial charge in [0.15, 0.2) is 5.76 Å². The van der Waals surface area contributed by atoms with Gasteiger partial charge in [0, 0.05) is 17.8 Å². The van der Waals surface area contributed by atoms with Gasteiger partial charge in [-0.1, -0.05) is 19.1 Å². The Balaban J connectivity index is 1.63. The number of rotatable bonds is 8. The maximum atomic E-state index is 12.8. The molecule has 164 valence electrons. The lowest BCUT2D eigenvalue weighted by atomic mass is 10.1. The molecule has 4 rings (SSSR count). The summed E-state index contributed by atoms with van der Waals surface area (Å²) in [6, 6.07) is 14.0. The molecule has 3 heterocycles. The van der Waals surface area contributed by atoms with Crippen LogP contribution in [0.4, 0.5) is 5.82 Å². The number of nitrogens with one attached hydrogen (secondary N) is 2. The van der Waals surface area contributed by atoms with Gasteiger partial charge in [-0.2, -0.15) is 9.78 Å². The topological polar surface area (TPSA) is 115 Å². The standard InChI is InChI=1S/C23H23N5O4/c1-3-16-13-22(30)26-23(24-16)28-20(14-18(27-28)19-6-5-11-32-19)25-21(29)12-15-7-9-17(10-8-15)31-4-2/h5-11,13-14H,3-4,12H2,1-2H3,(H,25,29)(H,24,26,30). The summed E-state index contributed by atoms with van der Waals surface area (Å²) in [4.78, 5) is 32.0. The van der Waals surface area contributed by atoms with E-state index in [1.54, 1.807) is 18.2 Å². The average Bonchev–Trinajstić information content (AvgIpc) is 3.45. The van der Waals surface area contributed by atoms with Crippen molar-refractivity contribution in [2.45, 2.75) is 26.7 Å². The van der Waals surface area contributed by atoms with Gasteiger partial charge >= 0.3 is 0 Å². The number of amides is 1. The van der Waals surface area contributed by atoms with E-state index in [1.165, 1.54) is 17.0 Å². The zero-order valence-electron chi connectivity index (χ0n) is 17.8. The van der Waals surface area contributed by atoms with E-state index in [1.807, 2.05) is 38.1 Å². The molecule has 0 atom stereocenters. The Labute approximate surface area is 184 Å². The molecule has 0 fully saturated rings. The number of ether oxygens (including phenoxy) is 1. The van der Waals surface area contributed by atoms with Gasteiger partial charge in [0.25, 0.3) is 5.56 Å². The summed E-state index contributed by atoms with van der Waals surface area (Å²) in [6.07, 6.45) is 2.28. The summed E-state index contributed by atoms with van der Waals surface area (Å²) in [5, 5.41) is 7.35. The van der Waals surface area contributed by atoms with Crippen LogP contribution in [0.5, 0.6) is 5.75 Å². The molecule has 9 heteroatoms. The second-order valence-corrected chi connectivity index (χ2v) is 7.02. The van der Waals surface area contributed by atoms with Gasteiger partial charge in [-0.15, -0.1) is 0 Å². The highest BCUT2D eigenvalue weighted by molar-refractivity contribution is 5.92. The third kappa shape index (κ3) is 4.77. The van der Waals surface area contributed by atoms with Gasteiger partial charge in [-0.25, -0.2) is 4.98 Å². The Morgan fingerprint density at radius 3 is 2.69 bits per heavy atom. The average molecular weight is 433 g/mol. The van der Waals surface area contributed by atoms with Crippen LogP contribution in [0.2, 0.25) is 0 Å². The number of hydrogen-bond donors (Lipinski definition) is 2. The molecule has 0 saturated carbocycles. The zero-order valence-corrected chi connectivity index (χ0v) is 17.8. The van der Waals surface area contributed by atoms with E-state index in [9.17, 15) is 9.59 Å². The highest BCUT2D eigenvalue weighted by Crippen LogP contribution is 2.24. The third-order valence-electron chi connectivity index (χ3n) is 4.69. The third-order valence-corrected chi connectivity index (χ3v) is 4.69. The molecule has 0 aliphatic heterocycles. The van der Waals surface area contributed by atoms with E-state index in [-0.39, 0.29) is 23.8 Å². The second-order valence-electron chi connectivity index (χ2n) is 7.02. The molecule has 0 saturated heterocycles. The summed E-state index contributed by atoms with van der Waals surface area (Å²) < 4.78 is 12.3. The maximum absolute atomic E-state index is 12.8. The molecule has 1 amide bonds. The van der Waals surface area contributed by atoms with Crippen LogP contribution in [0, 0.1) is 0 Å². The fraction of sp³-hybridized carbons (Fsp3) is 0.217. The molecule has 32 heavy (non-hydrogen) atoms. The first-order valence-electron chi connectivity index (χ1n) is 10.3. The molecule has 0 bridgehead atoms. The number of anilines is 1. The van der Waals surface area contributed by atoms with Crippen LogP contribution >= 0.6 is 0 Å². The molecule has 0 aliphatic rings. The van der Waals surface area contributed by atoms with Crippen molar-refractivity contribution in [2.24, 2.45) is 0 Å². The number of aromatic amines is 1. The molecule has 1 aromatic carbocycles. The highest BCUT2D eigenvalue weighted by atomic mass is 16.5. The highest BCUT2D eigenvalue weighted by Gasteiger charge is 2.17. The first kappa shape index (κ1) is 21.1. The van der Waals surface area contributed by atoms with Crippen molar-refractivity contribution in [3.05, 3.63) is 76.4 Å². The SMILES string of the molecule is CCOc1ccc(CC(=O)Nc2cc(-c3ccco3)nn2-c2nc(CC)cc(=O)[nH]2)cc1. The number of aromatic nitrogens is 4. The van der Waals surface area contributed by atoms with Crippen LogP contribution in [0.15, 0.2) is 64.0 Å². The quantitative estimate of drug-likeness (QED) is 0.440. The molecule has 0 unspecified atom stereocenters. The van der Waals surface area contributed by atoms with E-state index in [0.717, 1.165) is 11.3 Å². The van der Waals surface area contributed by atoms with Crippen LogP contribution in [-0.4, -0.2) is 32.3 Å². The number of nitrogens with zero attached hydrogens (tertiary/aromatic N) is 3. The predicted molar refractivity (Wildman–Crippen MR) is 119 cm³/mol. The number of furan rings is 1. The normalized spacial score (nSPS) is 10.8. The lowest BCUT2D eigenvalue weighted by molar-refractivity contribution is -0.115. The molecule has 2 N–H and O–H groups in total. The summed E-state index contributed by atoms with van der Waals surface area (Å²) in [5.74, 6) is 1.62. The number of carbonyl (C=O) groups excluding carboxylic acids is 1. The van der Waals surface area contributed by atoms with E-state index in [0.29, 0.717) is 36.0 Å². The minimum absolute atomic E-state index is 0.159. The molecular weight excluding hydrogens is 410 g/mol. The molecule has 3 aromatic heterocycles. The van der Waals surface area contributed by atoms with Gasteiger partial charge in [0.2, 0.25) is 11.9 Å². The van der Waals surface area contributed by atoms with Crippen molar-refractivity contribution in [1.29, 1.82) is 0 Å². The fourth-order valence-corrected chi connectivity index (χ4v) is 3.19. The summed E-state index contributed by atoms with van der Waals surface area (Å²) in [5.41, 5.74) is 1.65. The van der Waals surface area contributed by atoms with Gasteiger partial charge < -0.3 is 14.5 Å². The zero-order chi connectivity index (χ0) is 22.5. The summed E-state index contributed by atoms with van der Waals surface area (Å²) in [6.45, 7) is 4.40. The molecule has 9 nitrogen and oxygen atoms in total. The fourth-order valence-electron chi connectivity index (χ4n) is 3.19. The number of aryl methyl sites for hydroxylation is 1. The largest absolute Gasteiger partial charge is 0.494 e. The van der Waals surface area contributed by atoms with Crippen molar-refractivity contribution >= 4 is 11.7 Å². The Kier molecular flexibility index (Phi) is 6.16. The van der Waals surface area contributed by atoms with Gasteiger partial charge in [-0.05, 0) is 43.2 Å². The molecule has 4 aromatic rings. The van der Waals surface area contributed by atoms with Gasteiger partial charge in [-0.3, -0.25) is 14.6 Å². The molecular formula is C23H23N5O4. The maximum Gasteiger partial charge on any atom is 0.252 e. The summed E-state index contributed by atoms with van der Waals surface area (Å²) in [7, 11) is 0. The number of carbonyl (C=O) groups is 1. The lowest BCUT2D eigenvalue weighted by Crippen LogP contribution is -2.20. The minimum Gasteiger partial charge on any atom is -0.494 e. The van der Waals surface area contributed by atoms with Crippen molar-refractivity contribution in [1.82, 2.24) is 19.7 Å². The predicted octanol–water partition coefficient (Wildman–Crippen LogP) is 3.36. The number of benzene rings is 1. The van der Waals surface area contributed by atoms with Crippen LogP contribution in [-0.2, 0) is 17.6 Å². The van der Waals surface area contributed by atoms with Gasteiger partial charge in [0.05, 0.1) is 19.3 Å². The van der Waals surface area contributed by atoms with Crippen molar-refractivity contribution in [2.75, 3.05) is 11.9 Å². The molecule has 0 spiro atoms. The van der Waals surface area contributed by atoms with E-state index < -0.39 is 0 Å². The van der Waals surface area contributed by atoms with Crippen molar-refractivity contribution in [3.8, 4) is 23.2 Å². The second kappa shape index (κ2) is 9.34. The van der Waals surface area contributed by atoms with Crippen LogP contribution in [0.25, 0.3) is 17.4 Å². The lowest BCUT2D eigenvalue weighted by Gasteiger charge is -2.09. The van der Waals surface area contributed by atoms with Crippen LogP contribution in [0.3, 0.4) is 0 Å². The Hall–Kier alpha value is -4.14. The smallest absolute Gasteiger partial charge is 0.252 e. The Morgan fingerprint density at radius 2 is 2.00 bits per heavy atom. The Morgan fingerprint density at radius 1 is 1.19 bits per heavy atom. The molecule has 0 aliphatic carbocycles. The molecule has 0 radical (unpaired) electrons. The Bertz CT molecular complexity index is 1260. The number of hydrogen-bond acceptors (Lipinski definition) is 6. The first-order chi connectivity index (χ1) is 15.6. The van der Waals surface area contributed by atoms with Crippen molar-refractivity contribution < 1.29 is 13.9 Å². The monoisotopic (exact) mass is 433 g/mol. The van der Waals surface area contributed by atoms with Gasteiger partial charge in [0.1, 0.15) is 17.3 Å². The minimum atomic E-state index is -0.298. The van der Waals surface area contributed by atoms with E-state index in [4.69, 9.17) is 9.15 Å². The van der Waals surface area contributed by atoms with E-state index >= 15 is 0 Å². The summed E-state index contributed by atoms with van der Waals surface area (Å²) >= 11 is 0. The first-order valence-corrected chi connectivity index (χ1v) is 10.3. The van der Waals surface area contributed by atoms with Crippen molar-refractivity contribution in [3.63, 3.8) is 0 Å².